The molecule has 23 heavy (non-hydrogen) atoms. The predicted octanol–water partition coefficient (Wildman–Crippen LogP) is 3.22. The van der Waals surface area contributed by atoms with Crippen LogP contribution >= 0.6 is 0 Å². The van der Waals surface area contributed by atoms with Gasteiger partial charge in [-0.1, -0.05) is 6.07 Å². The van der Waals surface area contributed by atoms with E-state index in [1.54, 1.807) is 37.4 Å². The van der Waals surface area contributed by atoms with E-state index in [1.165, 1.54) is 6.92 Å². The molecule has 0 radical (unpaired) electrons. The summed E-state index contributed by atoms with van der Waals surface area (Å²) in [4.78, 5) is 23.2. The molecule has 0 unspecified atom stereocenters. The molecular formula is C18H19NO4. The zero-order chi connectivity index (χ0) is 16.8. The van der Waals surface area contributed by atoms with Gasteiger partial charge in [-0.2, -0.15) is 0 Å². The van der Waals surface area contributed by atoms with Crippen molar-refractivity contribution in [3.63, 3.8) is 0 Å². The Hall–Kier alpha value is -2.82. The Labute approximate surface area is 135 Å². The van der Waals surface area contributed by atoms with Crippen LogP contribution in [-0.2, 0) is 4.79 Å². The minimum atomic E-state index is -0.287. The smallest absolute Gasteiger partial charge is 0.262 e. The zero-order valence-electron chi connectivity index (χ0n) is 13.4. The number of ketones is 1. The zero-order valence-corrected chi connectivity index (χ0v) is 13.4. The van der Waals surface area contributed by atoms with Gasteiger partial charge in [0.1, 0.15) is 11.5 Å². The van der Waals surface area contributed by atoms with Crippen LogP contribution in [0.25, 0.3) is 0 Å². The lowest BCUT2D eigenvalue weighted by Crippen LogP contribution is -2.20. The molecule has 0 fully saturated rings. The van der Waals surface area contributed by atoms with Crippen molar-refractivity contribution < 1.29 is 19.1 Å². The second kappa shape index (κ2) is 7.45. The summed E-state index contributed by atoms with van der Waals surface area (Å²) in [6.45, 7) is 3.30. The number of benzene rings is 2. The van der Waals surface area contributed by atoms with Crippen molar-refractivity contribution in [2.45, 2.75) is 13.8 Å². The molecule has 2 rings (SSSR count). The van der Waals surface area contributed by atoms with Crippen molar-refractivity contribution in [2.24, 2.45) is 0 Å². The average Bonchev–Trinajstić information content (AvgIpc) is 2.53. The first-order chi connectivity index (χ1) is 11.0. The molecule has 0 aliphatic rings. The molecule has 0 spiro atoms. The first kappa shape index (κ1) is 16.5. The van der Waals surface area contributed by atoms with Crippen LogP contribution in [0.3, 0.4) is 0 Å². The van der Waals surface area contributed by atoms with E-state index < -0.39 is 0 Å². The number of anilines is 1. The number of amides is 1. The molecule has 120 valence electrons. The van der Waals surface area contributed by atoms with Crippen LogP contribution in [0, 0.1) is 6.92 Å². The van der Waals surface area contributed by atoms with Crippen LogP contribution in [0.1, 0.15) is 22.8 Å². The topological polar surface area (TPSA) is 64.6 Å². The minimum absolute atomic E-state index is 0.0131. The summed E-state index contributed by atoms with van der Waals surface area (Å²) in [6, 6.07) is 12.2. The lowest BCUT2D eigenvalue weighted by Gasteiger charge is -2.11. The SMILES string of the molecule is COc1ccc(C)cc1NC(=O)COc1ccc(C(C)=O)cc1. The average molecular weight is 313 g/mol. The van der Waals surface area contributed by atoms with Gasteiger partial charge in [0.2, 0.25) is 0 Å². The van der Waals surface area contributed by atoms with E-state index in [1.807, 2.05) is 19.1 Å². The number of hydrogen-bond donors (Lipinski definition) is 1. The first-order valence-corrected chi connectivity index (χ1v) is 7.18. The van der Waals surface area contributed by atoms with Gasteiger partial charge < -0.3 is 14.8 Å². The van der Waals surface area contributed by atoms with Crippen molar-refractivity contribution in [3.05, 3.63) is 53.6 Å². The summed E-state index contributed by atoms with van der Waals surface area (Å²) in [6.07, 6.45) is 0. The maximum Gasteiger partial charge on any atom is 0.262 e. The molecule has 2 aromatic carbocycles. The van der Waals surface area contributed by atoms with Crippen molar-refractivity contribution >= 4 is 17.4 Å². The Balaban J connectivity index is 1.95. The van der Waals surface area contributed by atoms with Crippen LogP contribution in [0.4, 0.5) is 5.69 Å². The summed E-state index contributed by atoms with van der Waals surface area (Å²) in [5.41, 5.74) is 2.22. The van der Waals surface area contributed by atoms with Crippen molar-refractivity contribution in [3.8, 4) is 11.5 Å². The fourth-order valence-corrected chi connectivity index (χ4v) is 2.04. The molecular weight excluding hydrogens is 294 g/mol. The number of rotatable bonds is 6. The highest BCUT2D eigenvalue weighted by Crippen LogP contribution is 2.25. The Morgan fingerprint density at radius 2 is 1.78 bits per heavy atom. The van der Waals surface area contributed by atoms with Gasteiger partial charge in [-0.05, 0) is 55.8 Å². The van der Waals surface area contributed by atoms with Crippen LogP contribution in [-0.4, -0.2) is 25.4 Å². The lowest BCUT2D eigenvalue weighted by molar-refractivity contribution is -0.118. The van der Waals surface area contributed by atoms with E-state index in [0.29, 0.717) is 22.7 Å². The molecule has 0 saturated carbocycles. The maximum atomic E-state index is 12.0. The lowest BCUT2D eigenvalue weighted by atomic mass is 10.1. The number of carbonyl (C=O) groups is 2. The molecule has 0 bridgehead atoms. The highest BCUT2D eigenvalue weighted by Gasteiger charge is 2.09. The molecule has 0 aliphatic heterocycles. The number of methoxy groups -OCH3 is 1. The number of ether oxygens (including phenoxy) is 2. The fourth-order valence-electron chi connectivity index (χ4n) is 2.04. The second-order valence-corrected chi connectivity index (χ2v) is 5.12. The number of aryl methyl sites for hydroxylation is 1. The van der Waals surface area contributed by atoms with Crippen LogP contribution in [0.5, 0.6) is 11.5 Å². The monoisotopic (exact) mass is 313 g/mol. The van der Waals surface area contributed by atoms with E-state index in [-0.39, 0.29) is 18.3 Å². The Kier molecular flexibility index (Phi) is 5.36. The summed E-state index contributed by atoms with van der Waals surface area (Å²) >= 11 is 0. The van der Waals surface area contributed by atoms with E-state index in [2.05, 4.69) is 5.32 Å². The van der Waals surface area contributed by atoms with Crippen molar-refractivity contribution in [1.29, 1.82) is 0 Å². The third kappa shape index (κ3) is 4.57. The minimum Gasteiger partial charge on any atom is -0.495 e. The highest BCUT2D eigenvalue weighted by atomic mass is 16.5. The Morgan fingerprint density at radius 1 is 1.09 bits per heavy atom. The molecule has 0 aliphatic carbocycles. The van der Waals surface area contributed by atoms with Gasteiger partial charge in [0.15, 0.2) is 12.4 Å². The van der Waals surface area contributed by atoms with Crippen LogP contribution in [0.15, 0.2) is 42.5 Å². The molecule has 0 saturated heterocycles. The fraction of sp³-hybridized carbons (Fsp3) is 0.222. The van der Waals surface area contributed by atoms with E-state index >= 15 is 0 Å². The molecule has 5 nitrogen and oxygen atoms in total. The molecule has 1 amide bonds. The Morgan fingerprint density at radius 3 is 2.39 bits per heavy atom. The number of hydrogen-bond acceptors (Lipinski definition) is 4. The highest BCUT2D eigenvalue weighted by molar-refractivity contribution is 5.94. The molecule has 0 aromatic heterocycles. The molecule has 0 atom stereocenters. The summed E-state index contributed by atoms with van der Waals surface area (Å²) in [5, 5.41) is 2.76. The van der Waals surface area contributed by atoms with Gasteiger partial charge in [0, 0.05) is 5.56 Å². The van der Waals surface area contributed by atoms with Crippen LogP contribution in [0.2, 0.25) is 0 Å². The number of carbonyl (C=O) groups excluding carboxylic acids is 2. The van der Waals surface area contributed by atoms with Gasteiger partial charge >= 0.3 is 0 Å². The molecule has 5 heteroatoms. The quantitative estimate of drug-likeness (QED) is 0.832. The maximum absolute atomic E-state index is 12.0. The second-order valence-electron chi connectivity index (χ2n) is 5.12. The van der Waals surface area contributed by atoms with Crippen LogP contribution < -0.4 is 14.8 Å². The first-order valence-electron chi connectivity index (χ1n) is 7.18. The molecule has 1 N–H and O–H groups in total. The largest absolute Gasteiger partial charge is 0.495 e. The van der Waals surface area contributed by atoms with Gasteiger partial charge in [-0.3, -0.25) is 9.59 Å². The van der Waals surface area contributed by atoms with Gasteiger partial charge in [0.05, 0.1) is 12.8 Å². The van der Waals surface area contributed by atoms with E-state index in [4.69, 9.17) is 9.47 Å². The summed E-state index contributed by atoms with van der Waals surface area (Å²) in [7, 11) is 1.55. The standard InChI is InChI=1S/C18H19NO4/c1-12-4-9-17(22-3)16(10-12)19-18(21)11-23-15-7-5-14(6-8-15)13(2)20/h4-10H,11H2,1-3H3,(H,19,21). The van der Waals surface area contributed by atoms with E-state index in [0.717, 1.165) is 5.56 Å². The van der Waals surface area contributed by atoms with E-state index in [9.17, 15) is 9.59 Å². The normalized spacial score (nSPS) is 10.0. The third-order valence-electron chi connectivity index (χ3n) is 3.26. The Bertz CT molecular complexity index is 707. The van der Waals surface area contributed by atoms with Crippen molar-refractivity contribution in [2.75, 3.05) is 19.0 Å². The summed E-state index contributed by atoms with van der Waals surface area (Å²) < 4.78 is 10.6. The third-order valence-corrected chi connectivity index (χ3v) is 3.26. The van der Waals surface area contributed by atoms with Gasteiger partial charge in [-0.25, -0.2) is 0 Å². The number of nitrogens with one attached hydrogen (secondary N) is 1. The van der Waals surface area contributed by atoms with Gasteiger partial charge in [-0.15, -0.1) is 0 Å². The number of Topliss-reactive ketones (excluding diaryl/α,β-unsaturated/α-hetero) is 1. The molecule has 2 aromatic rings. The van der Waals surface area contributed by atoms with Gasteiger partial charge in [0.25, 0.3) is 5.91 Å². The predicted molar refractivity (Wildman–Crippen MR) is 88.3 cm³/mol. The summed E-state index contributed by atoms with van der Waals surface area (Å²) in [5.74, 6) is 0.821. The van der Waals surface area contributed by atoms with Crippen molar-refractivity contribution in [1.82, 2.24) is 0 Å². The molecule has 0 heterocycles.